The van der Waals surface area contributed by atoms with Gasteiger partial charge in [0.15, 0.2) is 0 Å². The summed E-state index contributed by atoms with van der Waals surface area (Å²) in [6.07, 6.45) is 2.12. The molecule has 14 heteroatoms. The second-order valence-corrected chi connectivity index (χ2v) is 13.8. The number of halogens is 3. The lowest BCUT2D eigenvalue weighted by Gasteiger charge is -2.35. The van der Waals surface area contributed by atoms with E-state index in [9.17, 15) is 32.7 Å². The van der Waals surface area contributed by atoms with Crippen molar-refractivity contribution in [3.05, 3.63) is 53.6 Å². The van der Waals surface area contributed by atoms with Crippen LogP contribution < -0.4 is 20.7 Å². The molecular weight excluding hydrogens is 667 g/mol. The molecule has 1 heterocycles. The van der Waals surface area contributed by atoms with Gasteiger partial charge in [-0.25, -0.2) is 9.59 Å². The Balaban J connectivity index is 1.53. The Hall–Kier alpha value is -4.04. The maximum absolute atomic E-state index is 14.4. The zero-order valence-corrected chi connectivity index (χ0v) is 29.9. The highest BCUT2D eigenvalue weighted by Crippen LogP contribution is 2.31. The number of hydrogen-bond acceptors (Lipinski definition) is 6. The third kappa shape index (κ3) is 11.7. The molecule has 0 saturated heterocycles. The fourth-order valence-corrected chi connectivity index (χ4v) is 6.38. The van der Waals surface area contributed by atoms with Crippen molar-refractivity contribution >= 4 is 29.3 Å². The monoisotopic (exact) mass is 719 g/mol. The molecule has 282 valence electrons. The van der Waals surface area contributed by atoms with Gasteiger partial charge in [-0.05, 0) is 88.4 Å². The molecule has 5 amide bonds. The summed E-state index contributed by atoms with van der Waals surface area (Å²) < 4.78 is 51.6. The molecular formula is C37H52F3N5O6. The average molecular weight is 720 g/mol. The number of nitrogens with one attached hydrogen (secondary N) is 3. The predicted octanol–water partition coefficient (Wildman–Crippen LogP) is 7.12. The van der Waals surface area contributed by atoms with E-state index in [-0.39, 0.29) is 55.0 Å². The molecule has 51 heavy (non-hydrogen) atoms. The number of benzene rings is 2. The lowest BCUT2D eigenvalue weighted by molar-refractivity contribution is -0.137. The number of amides is 5. The van der Waals surface area contributed by atoms with Gasteiger partial charge in [-0.1, -0.05) is 26.2 Å². The zero-order valence-electron chi connectivity index (χ0n) is 29.9. The molecule has 1 fully saturated rings. The summed E-state index contributed by atoms with van der Waals surface area (Å²) in [6.45, 7) is 5.93. The van der Waals surface area contributed by atoms with E-state index in [2.05, 4.69) is 16.0 Å². The third-order valence-electron chi connectivity index (χ3n) is 9.51. The summed E-state index contributed by atoms with van der Waals surface area (Å²) in [5, 5.41) is 18.7. The summed E-state index contributed by atoms with van der Waals surface area (Å²) in [5.41, 5.74) is 0.0682. The summed E-state index contributed by atoms with van der Waals surface area (Å²) in [6, 6.07) is 7.84. The standard InChI is InChI=1S/C37H52F3N5O6/c1-24-21-45(25(2)23-46)34(47)31-20-30(42-35(48)41-28-11-6-5-7-12-28)17-18-32(31)51-26(3)10-8-9-19-50-33(24)22-44(4)36(49)43-29-15-13-27(14-16-29)37(38,39)40/h13-18,20,24-26,28,33,46H,5-12,19,21-23H2,1-4H3,(H,43,49)(H2,41,42,48)/t24-,25-,26-,33-/m0/s1. The maximum Gasteiger partial charge on any atom is 0.416 e. The fourth-order valence-electron chi connectivity index (χ4n) is 6.38. The number of urea groups is 2. The van der Waals surface area contributed by atoms with Crippen molar-refractivity contribution in [2.24, 2.45) is 5.92 Å². The molecule has 0 spiro atoms. The summed E-state index contributed by atoms with van der Waals surface area (Å²) in [5.74, 6) is -0.345. The van der Waals surface area contributed by atoms with E-state index in [0.29, 0.717) is 24.5 Å². The number of rotatable bonds is 7. The van der Waals surface area contributed by atoms with E-state index in [0.717, 1.165) is 57.1 Å². The number of hydrogen-bond donors (Lipinski definition) is 4. The number of fused-ring (bicyclic) bond motifs is 1. The fraction of sp³-hybridized carbons (Fsp3) is 0.595. The number of carbonyl (C=O) groups excluding carboxylic acids is 3. The van der Waals surface area contributed by atoms with Gasteiger partial charge >= 0.3 is 18.2 Å². The van der Waals surface area contributed by atoms with Crippen LogP contribution in [0, 0.1) is 5.92 Å². The highest BCUT2D eigenvalue weighted by molar-refractivity contribution is 5.99. The molecule has 2 aliphatic rings. The number of ether oxygens (including phenoxy) is 2. The maximum atomic E-state index is 14.4. The van der Waals surface area contributed by atoms with Crippen LogP contribution >= 0.6 is 0 Å². The second kappa shape index (κ2) is 18.5. The Kier molecular flexibility index (Phi) is 14.4. The predicted molar refractivity (Wildman–Crippen MR) is 189 cm³/mol. The quantitative estimate of drug-likeness (QED) is 0.241. The first-order chi connectivity index (χ1) is 24.2. The molecule has 4 atom stereocenters. The number of anilines is 2. The average Bonchev–Trinajstić information content (AvgIpc) is 3.09. The van der Waals surface area contributed by atoms with Crippen molar-refractivity contribution in [1.29, 1.82) is 0 Å². The highest BCUT2D eigenvalue weighted by Gasteiger charge is 2.32. The van der Waals surface area contributed by atoms with Gasteiger partial charge in [0, 0.05) is 50.1 Å². The van der Waals surface area contributed by atoms with E-state index in [1.165, 1.54) is 17.0 Å². The van der Waals surface area contributed by atoms with Crippen LogP contribution in [0.2, 0.25) is 0 Å². The Bertz CT molecular complexity index is 1450. The lowest BCUT2D eigenvalue weighted by atomic mass is 9.96. The van der Waals surface area contributed by atoms with Crippen LogP contribution in [0.4, 0.5) is 34.1 Å². The van der Waals surface area contributed by atoms with Crippen molar-refractivity contribution in [3.63, 3.8) is 0 Å². The lowest BCUT2D eigenvalue weighted by Crippen LogP contribution is -2.48. The van der Waals surface area contributed by atoms with Gasteiger partial charge in [0.2, 0.25) is 0 Å². The van der Waals surface area contributed by atoms with E-state index in [4.69, 9.17) is 9.47 Å². The first-order valence-corrected chi connectivity index (χ1v) is 17.9. The molecule has 11 nitrogen and oxygen atoms in total. The van der Waals surface area contributed by atoms with E-state index < -0.39 is 35.8 Å². The molecule has 4 N–H and O–H groups in total. The Labute approximate surface area is 298 Å². The zero-order chi connectivity index (χ0) is 37.1. The molecule has 1 aliphatic heterocycles. The molecule has 1 saturated carbocycles. The second-order valence-electron chi connectivity index (χ2n) is 13.8. The normalized spacial score (nSPS) is 21.8. The van der Waals surface area contributed by atoms with Crippen molar-refractivity contribution in [2.75, 3.05) is 44.0 Å². The number of nitrogens with zero attached hydrogens (tertiary/aromatic N) is 2. The first kappa shape index (κ1) is 39.7. The van der Waals surface area contributed by atoms with Gasteiger partial charge in [-0.3, -0.25) is 4.79 Å². The van der Waals surface area contributed by atoms with Crippen LogP contribution in [-0.4, -0.2) is 90.5 Å². The molecule has 2 aromatic rings. The molecule has 0 bridgehead atoms. The van der Waals surface area contributed by atoms with Crippen LogP contribution in [0.3, 0.4) is 0 Å². The van der Waals surface area contributed by atoms with Crippen molar-refractivity contribution in [1.82, 2.24) is 15.1 Å². The number of aliphatic hydroxyl groups excluding tert-OH is 1. The van der Waals surface area contributed by atoms with Crippen molar-refractivity contribution in [3.8, 4) is 5.75 Å². The van der Waals surface area contributed by atoms with E-state index in [1.807, 2.05) is 13.8 Å². The minimum atomic E-state index is -4.49. The van der Waals surface area contributed by atoms with Gasteiger partial charge in [0.25, 0.3) is 5.91 Å². The van der Waals surface area contributed by atoms with E-state index in [1.54, 1.807) is 37.1 Å². The van der Waals surface area contributed by atoms with Crippen LogP contribution in [-0.2, 0) is 10.9 Å². The topological polar surface area (TPSA) is 132 Å². The van der Waals surface area contributed by atoms with E-state index >= 15 is 0 Å². The SMILES string of the molecule is C[C@H]1CCCCO[C@@H](CN(C)C(=O)Nc2ccc(C(F)(F)F)cc2)[C@@H](C)CN([C@@H](C)CO)C(=O)c2cc(NC(=O)NC3CCCCC3)ccc2O1. The van der Waals surface area contributed by atoms with Gasteiger partial charge < -0.3 is 40.3 Å². The van der Waals surface area contributed by atoms with Gasteiger partial charge in [0.05, 0.1) is 36.0 Å². The van der Waals surface area contributed by atoms with Crippen LogP contribution in [0.15, 0.2) is 42.5 Å². The third-order valence-corrected chi connectivity index (χ3v) is 9.51. The smallest absolute Gasteiger partial charge is 0.416 e. The molecule has 0 aromatic heterocycles. The highest BCUT2D eigenvalue weighted by atomic mass is 19.4. The Morgan fingerprint density at radius 2 is 1.65 bits per heavy atom. The Morgan fingerprint density at radius 3 is 2.31 bits per heavy atom. The minimum Gasteiger partial charge on any atom is -0.490 e. The van der Waals surface area contributed by atoms with Crippen molar-refractivity contribution < 1.29 is 42.1 Å². The van der Waals surface area contributed by atoms with Gasteiger partial charge in [-0.15, -0.1) is 0 Å². The van der Waals surface area contributed by atoms with Crippen molar-refractivity contribution in [2.45, 2.75) is 103 Å². The van der Waals surface area contributed by atoms with Gasteiger partial charge in [-0.2, -0.15) is 13.2 Å². The summed E-state index contributed by atoms with van der Waals surface area (Å²) in [7, 11) is 1.56. The largest absolute Gasteiger partial charge is 0.490 e. The first-order valence-electron chi connectivity index (χ1n) is 17.9. The molecule has 0 unspecified atom stereocenters. The minimum absolute atomic E-state index is 0.106. The summed E-state index contributed by atoms with van der Waals surface area (Å²) in [4.78, 5) is 43.3. The van der Waals surface area contributed by atoms with Crippen LogP contribution in [0.5, 0.6) is 5.75 Å². The molecule has 0 radical (unpaired) electrons. The number of aliphatic hydroxyl groups is 1. The summed E-state index contributed by atoms with van der Waals surface area (Å²) >= 11 is 0. The van der Waals surface area contributed by atoms with Crippen LogP contribution in [0.1, 0.15) is 88.1 Å². The molecule has 4 rings (SSSR count). The van der Waals surface area contributed by atoms with Gasteiger partial charge in [0.1, 0.15) is 5.75 Å². The number of carbonyl (C=O) groups is 3. The molecule has 2 aromatic carbocycles. The Morgan fingerprint density at radius 1 is 0.980 bits per heavy atom. The molecule has 1 aliphatic carbocycles. The number of alkyl halides is 3. The number of likely N-dealkylation sites (N-methyl/N-ethyl adjacent to an activating group) is 1. The van der Waals surface area contributed by atoms with Crippen LogP contribution in [0.25, 0.3) is 0 Å².